The lowest BCUT2D eigenvalue weighted by Gasteiger charge is -2.29. The monoisotopic (exact) mass is 464 g/mol. The van der Waals surface area contributed by atoms with Crippen molar-refractivity contribution in [2.75, 3.05) is 6.61 Å². The highest BCUT2D eigenvalue weighted by atomic mass is 16.5. The zero-order valence-electron chi connectivity index (χ0n) is 22.4. The Kier molecular flexibility index (Phi) is 16.6. The molecule has 0 aliphatic rings. The normalized spacial score (nSPS) is 12.3. The van der Waals surface area contributed by atoms with Crippen LogP contribution in [0, 0.1) is 0 Å². The molecule has 190 valence electrons. The molecule has 0 aliphatic carbocycles. The molecule has 0 spiro atoms. The minimum atomic E-state index is 0.255. The second-order valence-electron chi connectivity index (χ2n) is 10.1. The molecule has 0 radical (unpaired) electrons. The van der Waals surface area contributed by atoms with Gasteiger partial charge in [-0.2, -0.15) is 0 Å². The van der Waals surface area contributed by atoms with Crippen LogP contribution in [-0.4, -0.2) is 12.7 Å². The minimum absolute atomic E-state index is 0.255. The van der Waals surface area contributed by atoms with Gasteiger partial charge in [0, 0.05) is 12.5 Å². The van der Waals surface area contributed by atoms with Gasteiger partial charge >= 0.3 is 0 Å². The first kappa shape index (κ1) is 28.6. The van der Waals surface area contributed by atoms with Crippen LogP contribution in [0.2, 0.25) is 0 Å². The first-order valence-electron chi connectivity index (χ1n) is 14.6. The molecule has 0 aromatic heterocycles. The van der Waals surface area contributed by atoms with Crippen LogP contribution in [0.25, 0.3) is 0 Å². The third-order valence-corrected chi connectivity index (χ3v) is 7.11. The molecule has 0 N–H and O–H groups in total. The summed E-state index contributed by atoms with van der Waals surface area (Å²) >= 11 is 0. The molecular weight excluding hydrogens is 412 g/mol. The molecule has 2 aromatic rings. The molecule has 0 saturated carbocycles. The van der Waals surface area contributed by atoms with Gasteiger partial charge in [0.2, 0.25) is 0 Å². The molecule has 34 heavy (non-hydrogen) atoms. The third-order valence-electron chi connectivity index (χ3n) is 7.11. The molecular formula is C33H52O. The zero-order valence-corrected chi connectivity index (χ0v) is 22.4. The predicted molar refractivity (Wildman–Crippen MR) is 150 cm³/mol. The first-order chi connectivity index (χ1) is 16.9. The van der Waals surface area contributed by atoms with Gasteiger partial charge in [0.1, 0.15) is 0 Å². The zero-order chi connectivity index (χ0) is 24.1. The summed E-state index contributed by atoms with van der Waals surface area (Å²) in [7, 11) is 0. The van der Waals surface area contributed by atoms with Crippen molar-refractivity contribution in [1.82, 2.24) is 0 Å². The summed E-state index contributed by atoms with van der Waals surface area (Å²) in [5.41, 5.74) is 2.77. The number of rotatable bonds is 21. The third kappa shape index (κ3) is 12.2. The Morgan fingerprint density at radius 1 is 0.500 bits per heavy atom. The van der Waals surface area contributed by atoms with E-state index in [1.165, 1.54) is 107 Å². The van der Waals surface area contributed by atoms with Crippen LogP contribution in [-0.2, 0) is 4.74 Å². The summed E-state index contributed by atoms with van der Waals surface area (Å²) in [5, 5.41) is 0. The van der Waals surface area contributed by atoms with Crippen LogP contribution in [0.5, 0.6) is 0 Å². The summed E-state index contributed by atoms with van der Waals surface area (Å²) in [6.07, 6.45) is 21.6. The van der Waals surface area contributed by atoms with Crippen molar-refractivity contribution in [3.8, 4) is 0 Å². The van der Waals surface area contributed by atoms with Gasteiger partial charge in [-0.25, -0.2) is 0 Å². The standard InChI is InChI=1S/C33H52O/c1-3-5-7-9-11-13-15-23-29-34-32(28-22-14-12-10-8-6-4-2)33(30-24-18-16-19-25-30)31-26-20-17-21-27-31/h16-21,24-27,32-33H,3-15,22-23,28-29H2,1-2H3. The van der Waals surface area contributed by atoms with E-state index in [2.05, 4.69) is 74.5 Å². The number of hydrogen-bond donors (Lipinski definition) is 0. The summed E-state index contributed by atoms with van der Waals surface area (Å²) in [5.74, 6) is 0.316. The van der Waals surface area contributed by atoms with Crippen molar-refractivity contribution in [2.24, 2.45) is 0 Å². The molecule has 2 rings (SSSR count). The average molecular weight is 465 g/mol. The number of ether oxygens (including phenoxy) is 1. The van der Waals surface area contributed by atoms with Gasteiger partial charge in [-0.1, -0.05) is 164 Å². The van der Waals surface area contributed by atoms with E-state index < -0.39 is 0 Å². The highest BCUT2D eigenvalue weighted by Gasteiger charge is 2.25. The molecule has 0 fully saturated rings. The van der Waals surface area contributed by atoms with Crippen molar-refractivity contribution in [2.45, 2.75) is 129 Å². The van der Waals surface area contributed by atoms with E-state index >= 15 is 0 Å². The lowest BCUT2D eigenvalue weighted by molar-refractivity contribution is 0.0322. The van der Waals surface area contributed by atoms with Gasteiger partial charge in [-0.3, -0.25) is 0 Å². The van der Waals surface area contributed by atoms with Crippen molar-refractivity contribution < 1.29 is 4.74 Å². The molecule has 0 bridgehead atoms. The number of unbranched alkanes of at least 4 members (excludes halogenated alkanes) is 13. The maximum Gasteiger partial charge on any atom is 0.0684 e. The summed E-state index contributed by atoms with van der Waals surface area (Å²) in [4.78, 5) is 0. The summed E-state index contributed by atoms with van der Waals surface area (Å²) in [6.45, 7) is 5.48. The molecule has 1 heteroatoms. The van der Waals surface area contributed by atoms with E-state index in [9.17, 15) is 0 Å². The van der Waals surface area contributed by atoms with Crippen LogP contribution in [0.1, 0.15) is 134 Å². The van der Waals surface area contributed by atoms with E-state index in [4.69, 9.17) is 4.74 Å². The molecule has 0 aliphatic heterocycles. The maximum absolute atomic E-state index is 6.70. The first-order valence-corrected chi connectivity index (χ1v) is 14.6. The summed E-state index contributed by atoms with van der Waals surface area (Å²) in [6, 6.07) is 22.1. The largest absolute Gasteiger partial charge is 0.377 e. The van der Waals surface area contributed by atoms with Gasteiger partial charge in [0.15, 0.2) is 0 Å². The minimum Gasteiger partial charge on any atom is -0.377 e. The van der Waals surface area contributed by atoms with E-state index in [1.54, 1.807) is 0 Å². The van der Waals surface area contributed by atoms with Crippen LogP contribution in [0.15, 0.2) is 60.7 Å². The number of benzene rings is 2. The van der Waals surface area contributed by atoms with Crippen LogP contribution >= 0.6 is 0 Å². The topological polar surface area (TPSA) is 9.23 Å². The van der Waals surface area contributed by atoms with E-state index in [-0.39, 0.29) is 6.10 Å². The fraction of sp³-hybridized carbons (Fsp3) is 0.636. The van der Waals surface area contributed by atoms with Crippen molar-refractivity contribution in [3.63, 3.8) is 0 Å². The SMILES string of the molecule is CCCCCCCCCCOC(CCCCCCCCC)C(c1ccccc1)c1ccccc1. The van der Waals surface area contributed by atoms with Crippen molar-refractivity contribution in [3.05, 3.63) is 71.8 Å². The predicted octanol–water partition coefficient (Wildman–Crippen LogP) is 10.5. The Bertz CT molecular complexity index is 641. The Morgan fingerprint density at radius 3 is 1.38 bits per heavy atom. The quantitative estimate of drug-likeness (QED) is 0.167. The second-order valence-corrected chi connectivity index (χ2v) is 10.1. The van der Waals surface area contributed by atoms with Crippen LogP contribution < -0.4 is 0 Å². The molecule has 1 atom stereocenters. The lowest BCUT2D eigenvalue weighted by atomic mass is 9.84. The molecule has 0 saturated heterocycles. The Balaban J connectivity index is 1.92. The van der Waals surface area contributed by atoms with Gasteiger partial charge in [-0.05, 0) is 24.0 Å². The van der Waals surface area contributed by atoms with Gasteiger partial charge in [0.25, 0.3) is 0 Å². The molecule has 2 aromatic carbocycles. The van der Waals surface area contributed by atoms with Crippen molar-refractivity contribution in [1.29, 1.82) is 0 Å². The van der Waals surface area contributed by atoms with Gasteiger partial charge in [0.05, 0.1) is 6.10 Å². The van der Waals surface area contributed by atoms with Crippen LogP contribution in [0.4, 0.5) is 0 Å². The highest BCUT2D eigenvalue weighted by Crippen LogP contribution is 2.33. The molecule has 1 nitrogen and oxygen atoms in total. The Hall–Kier alpha value is -1.60. The molecule has 0 heterocycles. The van der Waals surface area contributed by atoms with E-state index in [0.717, 1.165) is 13.0 Å². The van der Waals surface area contributed by atoms with E-state index in [1.807, 2.05) is 0 Å². The fourth-order valence-corrected chi connectivity index (χ4v) is 5.06. The lowest BCUT2D eigenvalue weighted by Crippen LogP contribution is -2.24. The smallest absolute Gasteiger partial charge is 0.0684 e. The van der Waals surface area contributed by atoms with Crippen molar-refractivity contribution >= 4 is 0 Å². The van der Waals surface area contributed by atoms with Gasteiger partial charge in [-0.15, -0.1) is 0 Å². The highest BCUT2D eigenvalue weighted by molar-refractivity contribution is 5.33. The van der Waals surface area contributed by atoms with Gasteiger partial charge < -0.3 is 4.74 Å². The Labute approximate surface area is 211 Å². The molecule has 0 amide bonds. The average Bonchev–Trinajstić information content (AvgIpc) is 2.88. The van der Waals surface area contributed by atoms with Crippen LogP contribution in [0.3, 0.4) is 0 Å². The molecule has 1 unspecified atom stereocenters. The Morgan fingerprint density at radius 2 is 0.912 bits per heavy atom. The summed E-state index contributed by atoms with van der Waals surface area (Å²) < 4.78 is 6.70. The number of hydrogen-bond acceptors (Lipinski definition) is 1. The fourth-order valence-electron chi connectivity index (χ4n) is 5.06. The second kappa shape index (κ2) is 19.7. The maximum atomic E-state index is 6.70. The van der Waals surface area contributed by atoms with E-state index in [0.29, 0.717) is 5.92 Å².